The minimum atomic E-state index is -0.0784. The topological polar surface area (TPSA) is 52.6 Å². The Labute approximate surface area is 111 Å². The molecule has 2 aliphatic heterocycles. The molecular weight excluding hydrogens is 252 g/mol. The Morgan fingerprint density at radius 1 is 1.33 bits per heavy atom. The zero-order valence-electron chi connectivity index (χ0n) is 9.90. The predicted molar refractivity (Wildman–Crippen MR) is 68.9 cm³/mol. The van der Waals surface area contributed by atoms with E-state index in [4.69, 9.17) is 11.6 Å². The molecule has 2 heterocycles. The fourth-order valence-electron chi connectivity index (χ4n) is 2.87. The lowest BCUT2D eigenvalue weighted by Crippen LogP contribution is -2.32. The van der Waals surface area contributed by atoms with Crippen molar-refractivity contribution in [1.29, 1.82) is 0 Å². The fourth-order valence-corrected chi connectivity index (χ4v) is 3.07. The molecule has 1 amide bonds. The van der Waals surface area contributed by atoms with Crippen LogP contribution in [0.15, 0.2) is 18.2 Å². The number of rotatable bonds is 1. The van der Waals surface area contributed by atoms with E-state index in [2.05, 4.69) is 5.32 Å². The molecule has 0 bridgehead atoms. The third kappa shape index (κ3) is 1.95. The summed E-state index contributed by atoms with van der Waals surface area (Å²) >= 11 is 6.02. The van der Waals surface area contributed by atoms with Crippen molar-refractivity contribution < 1.29 is 9.90 Å². The summed E-state index contributed by atoms with van der Waals surface area (Å²) in [6.07, 6.45) is 0. The lowest BCUT2D eigenvalue weighted by molar-refractivity contribution is 0.0781. The number of hydrogen-bond acceptors (Lipinski definition) is 3. The second-order valence-electron chi connectivity index (χ2n) is 5.05. The van der Waals surface area contributed by atoms with E-state index >= 15 is 0 Å². The summed E-state index contributed by atoms with van der Waals surface area (Å²) in [4.78, 5) is 14.2. The first kappa shape index (κ1) is 11.8. The number of halogens is 1. The molecule has 2 atom stereocenters. The molecule has 2 saturated heterocycles. The average Bonchev–Trinajstić information content (AvgIpc) is 2.91. The molecular formula is C13H15ClN2O2. The maximum absolute atomic E-state index is 12.4. The van der Waals surface area contributed by atoms with Gasteiger partial charge in [0.05, 0.1) is 10.6 Å². The van der Waals surface area contributed by atoms with E-state index in [9.17, 15) is 9.90 Å². The molecule has 0 aromatic heterocycles. The Hall–Kier alpha value is -1.26. The second-order valence-corrected chi connectivity index (χ2v) is 5.46. The van der Waals surface area contributed by atoms with Crippen molar-refractivity contribution in [3.05, 3.63) is 28.8 Å². The molecule has 0 radical (unpaired) electrons. The van der Waals surface area contributed by atoms with Crippen molar-refractivity contribution in [3.8, 4) is 5.75 Å². The number of carbonyl (C=O) groups is 1. The number of phenols is 1. The summed E-state index contributed by atoms with van der Waals surface area (Å²) in [6, 6.07) is 4.49. The molecule has 0 saturated carbocycles. The number of hydrogen-bond donors (Lipinski definition) is 2. The van der Waals surface area contributed by atoms with E-state index in [1.807, 2.05) is 4.90 Å². The molecule has 0 aliphatic carbocycles. The van der Waals surface area contributed by atoms with Crippen molar-refractivity contribution >= 4 is 17.5 Å². The molecule has 2 fully saturated rings. The quantitative estimate of drug-likeness (QED) is 0.807. The van der Waals surface area contributed by atoms with Crippen LogP contribution in [0.1, 0.15) is 10.4 Å². The standard InChI is InChI=1S/C13H15ClN2O2/c14-12-2-1-10(17)3-11(12)13(18)16-6-8-4-15-5-9(8)7-16/h1-3,8-9,15,17H,4-7H2/t8-,9+. The first-order chi connectivity index (χ1) is 8.65. The summed E-state index contributed by atoms with van der Waals surface area (Å²) in [5, 5.41) is 13.2. The lowest BCUT2D eigenvalue weighted by atomic mass is 10.0. The first-order valence-electron chi connectivity index (χ1n) is 6.13. The van der Waals surface area contributed by atoms with Crippen LogP contribution in [0.2, 0.25) is 5.02 Å². The van der Waals surface area contributed by atoms with Crippen LogP contribution in [0.3, 0.4) is 0 Å². The zero-order chi connectivity index (χ0) is 12.7. The van der Waals surface area contributed by atoms with Crippen LogP contribution in [-0.2, 0) is 0 Å². The van der Waals surface area contributed by atoms with Gasteiger partial charge in [0.2, 0.25) is 0 Å². The van der Waals surface area contributed by atoms with Gasteiger partial charge in [-0.1, -0.05) is 11.6 Å². The Morgan fingerprint density at radius 3 is 2.67 bits per heavy atom. The molecule has 4 nitrogen and oxygen atoms in total. The number of nitrogens with zero attached hydrogens (tertiary/aromatic N) is 1. The summed E-state index contributed by atoms with van der Waals surface area (Å²) in [7, 11) is 0. The molecule has 96 valence electrons. The maximum Gasteiger partial charge on any atom is 0.255 e. The lowest BCUT2D eigenvalue weighted by Gasteiger charge is -2.18. The van der Waals surface area contributed by atoms with Gasteiger partial charge in [0.1, 0.15) is 5.75 Å². The van der Waals surface area contributed by atoms with Gasteiger partial charge in [-0.15, -0.1) is 0 Å². The number of likely N-dealkylation sites (tertiary alicyclic amines) is 1. The minimum Gasteiger partial charge on any atom is -0.508 e. The summed E-state index contributed by atoms with van der Waals surface area (Å²) in [5.41, 5.74) is 0.393. The van der Waals surface area contributed by atoms with E-state index in [0.29, 0.717) is 22.4 Å². The second kappa shape index (κ2) is 4.44. The van der Waals surface area contributed by atoms with Gasteiger partial charge in [-0.2, -0.15) is 0 Å². The van der Waals surface area contributed by atoms with Crippen molar-refractivity contribution in [2.45, 2.75) is 0 Å². The van der Waals surface area contributed by atoms with Crippen molar-refractivity contribution in [2.24, 2.45) is 11.8 Å². The molecule has 5 heteroatoms. The van der Waals surface area contributed by atoms with E-state index in [1.54, 1.807) is 6.07 Å². The molecule has 1 aromatic carbocycles. The number of amides is 1. The monoisotopic (exact) mass is 266 g/mol. The van der Waals surface area contributed by atoms with E-state index in [0.717, 1.165) is 26.2 Å². The molecule has 18 heavy (non-hydrogen) atoms. The first-order valence-corrected chi connectivity index (χ1v) is 6.51. The molecule has 3 rings (SSSR count). The Balaban J connectivity index is 1.81. The van der Waals surface area contributed by atoms with Gasteiger partial charge in [0, 0.05) is 26.2 Å². The van der Waals surface area contributed by atoms with Gasteiger partial charge in [-0.3, -0.25) is 4.79 Å². The Morgan fingerprint density at radius 2 is 2.00 bits per heavy atom. The van der Waals surface area contributed by atoms with Crippen molar-refractivity contribution in [3.63, 3.8) is 0 Å². The van der Waals surface area contributed by atoms with Crippen LogP contribution in [0, 0.1) is 11.8 Å². The largest absolute Gasteiger partial charge is 0.508 e. The van der Waals surface area contributed by atoms with Crippen LogP contribution in [0.4, 0.5) is 0 Å². The van der Waals surface area contributed by atoms with Gasteiger partial charge < -0.3 is 15.3 Å². The van der Waals surface area contributed by atoms with Crippen LogP contribution in [0.5, 0.6) is 5.75 Å². The number of nitrogens with one attached hydrogen (secondary N) is 1. The highest BCUT2D eigenvalue weighted by atomic mass is 35.5. The minimum absolute atomic E-state index is 0.0730. The predicted octanol–water partition coefficient (Wildman–Crippen LogP) is 1.34. The Bertz CT molecular complexity index is 480. The van der Waals surface area contributed by atoms with E-state index in [1.165, 1.54) is 12.1 Å². The molecule has 2 aliphatic rings. The molecule has 1 aromatic rings. The summed E-state index contributed by atoms with van der Waals surface area (Å²) in [6.45, 7) is 3.54. The highest BCUT2D eigenvalue weighted by Crippen LogP contribution is 2.29. The zero-order valence-corrected chi connectivity index (χ0v) is 10.7. The van der Waals surface area contributed by atoms with Crippen molar-refractivity contribution in [1.82, 2.24) is 10.2 Å². The smallest absolute Gasteiger partial charge is 0.255 e. The van der Waals surface area contributed by atoms with E-state index in [-0.39, 0.29) is 11.7 Å². The average molecular weight is 267 g/mol. The van der Waals surface area contributed by atoms with Gasteiger partial charge in [0.15, 0.2) is 0 Å². The number of carbonyl (C=O) groups excluding carboxylic acids is 1. The van der Waals surface area contributed by atoms with Crippen LogP contribution < -0.4 is 5.32 Å². The SMILES string of the molecule is O=C(c1cc(O)ccc1Cl)N1C[C@H]2CNC[C@H]2C1. The number of fused-ring (bicyclic) bond motifs is 1. The molecule has 2 N–H and O–H groups in total. The third-order valence-corrected chi connectivity index (χ3v) is 4.19. The summed E-state index contributed by atoms with van der Waals surface area (Å²) in [5.74, 6) is 1.11. The van der Waals surface area contributed by atoms with Crippen LogP contribution in [0.25, 0.3) is 0 Å². The highest BCUT2D eigenvalue weighted by molar-refractivity contribution is 6.33. The van der Waals surface area contributed by atoms with Crippen LogP contribution in [-0.4, -0.2) is 42.1 Å². The van der Waals surface area contributed by atoms with Gasteiger partial charge in [0.25, 0.3) is 5.91 Å². The Kier molecular flexibility index (Phi) is 2.92. The number of phenolic OH excluding ortho intramolecular Hbond substituents is 1. The third-order valence-electron chi connectivity index (χ3n) is 3.86. The highest BCUT2D eigenvalue weighted by Gasteiger charge is 2.38. The molecule has 0 unspecified atom stereocenters. The van der Waals surface area contributed by atoms with Crippen LogP contribution >= 0.6 is 11.6 Å². The maximum atomic E-state index is 12.4. The fraction of sp³-hybridized carbons (Fsp3) is 0.462. The normalized spacial score (nSPS) is 26.4. The summed E-state index contributed by atoms with van der Waals surface area (Å²) < 4.78 is 0. The molecule has 0 spiro atoms. The number of aromatic hydroxyl groups is 1. The van der Waals surface area contributed by atoms with Gasteiger partial charge in [-0.25, -0.2) is 0 Å². The van der Waals surface area contributed by atoms with Gasteiger partial charge in [-0.05, 0) is 30.0 Å². The van der Waals surface area contributed by atoms with E-state index < -0.39 is 0 Å². The van der Waals surface area contributed by atoms with Gasteiger partial charge >= 0.3 is 0 Å². The number of benzene rings is 1. The van der Waals surface area contributed by atoms with Crippen molar-refractivity contribution in [2.75, 3.05) is 26.2 Å².